The van der Waals surface area contributed by atoms with E-state index in [9.17, 15) is 9.18 Å². The highest BCUT2D eigenvalue weighted by atomic mass is 19.1. The van der Waals surface area contributed by atoms with Crippen molar-refractivity contribution in [1.82, 2.24) is 9.55 Å². The average Bonchev–Trinajstić information content (AvgIpc) is 3.26. The van der Waals surface area contributed by atoms with E-state index in [1.165, 1.54) is 17.7 Å². The Morgan fingerprint density at radius 3 is 2.67 bits per heavy atom. The monoisotopic (exact) mass is 444 g/mol. The number of morpholine rings is 1. The maximum Gasteiger partial charge on any atom is 0.255 e. The van der Waals surface area contributed by atoms with Crippen molar-refractivity contribution in [1.29, 1.82) is 0 Å². The summed E-state index contributed by atoms with van der Waals surface area (Å²) < 4.78 is 21.8. The summed E-state index contributed by atoms with van der Waals surface area (Å²) in [6.07, 6.45) is 6.58. The fourth-order valence-electron chi connectivity index (χ4n) is 4.18. The number of rotatable bonds is 6. The topological polar surface area (TPSA) is 59.4 Å². The minimum atomic E-state index is -0.425. The van der Waals surface area contributed by atoms with Gasteiger partial charge in [-0.15, -0.1) is 0 Å². The molecule has 5 rings (SSSR count). The van der Waals surface area contributed by atoms with Gasteiger partial charge in [-0.3, -0.25) is 9.78 Å². The number of ether oxygens (including phenoxy) is 1. The summed E-state index contributed by atoms with van der Waals surface area (Å²) in [4.78, 5) is 19.0. The molecule has 0 radical (unpaired) electrons. The van der Waals surface area contributed by atoms with Gasteiger partial charge in [0, 0.05) is 66.1 Å². The highest BCUT2D eigenvalue weighted by molar-refractivity contribution is 6.05. The molecule has 3 heterocycles. The van der Waals surface area contributed by atoms with Crippen molar-refractivity contribution in [3.8, 4) is 0 Å². The first kappa shape index (κ1) is 21.2. The molecule has 2 aromatic carbocycles. The molecule has 1 saturated heterocycles. The zero-order valence-electron chi connectivity index (χ0n) is 18.2. The molecule has 1 amide bonds. The number of pyridine rings is 1. The fraction of sp³-hybridized carbons (Fsp3) is 0.231. The lowest BCUT2D eigenvalue weighted by Gasteiger charge is -2.29. The predicted octanol–water partition coefficient (Wildman–Crippen LogP) is 4.51. The smallest absolute Gasteiger partial charge is 0.255 e. The Morgan fingerprint density at radius 2 is 1.85 bits per heavy atom. The minimum Gasteiger partial charge on any atom is -0.378 e. The Bertz CT molecular complexity index is 1270. The van der Waals surface area contributed by atoms with Gasteiger partial charge in [-0.2, -0.15) is 0 Å². The molecule has 0 bridgehead atoms. The third kappa shape index (κ3) is 4.88. The average molecular weight is 445 g/mol. The van der Waals surface area contributed by atoms with Gasteiger partial charge in [0.15, 0.2) is 0 Å². The van der Waals surface area contributed by atoms with Crippen LogP contribution in [0.25, 0.3) is 10.9 Å². The molecule has 1 aliphatic rings. The number of carbonyl (C=O) groups excluding carboxylic acids is 1. The fourth-order valence-corrected chi connectivity index (χ4v) is 4.18. The second-order valence-electron chi connectivity index (χ2n) is 8.14. The van der Waals surface area contributed by atoms with Crippen molar-refractivity contribution < 1.29 is 13.9 Å². The third-order valence-electron chi connectivity index (χ3n) is 5.94. The molecule has 0 saturated carbocycles. The van der Waals surface area contributed by atoms with Crippen molar-refractivity contribution >= 4 is 28.2 Å². The van der Waals surface area contributed by atoms with E-state index in [1.807, 2.05) is 41.3 Å². The van der Waals surface area contributed by atoms with Crippen LogP contribution in [0.3, 0.4) is 0 Å². The van der Waals surface area contributed by atoms with Crippen LogP contribution in [0.1, 0.15) is 15.9 Å². The van der Waals surface area contributed by atoms with Gasteiger partial charge in [-0.25, -0.2) is 4.39 Å². The number of amides is 1. The highest BCUT2D eigenvalue weighted by Crippen LogP contribution is 2.24. The summed E-state index contributed by atoms with van der Waals surface area (Å²) in [6, 6.07) is 16.4. The Hall–Kier alpha value is -3.71. The second-order valence-corrected chi connectivity index (χ2v) is 8.14. The van der Waals surface area contributed by atoms with E-state index < -0.39 is 5.82 Å². The van der Waals surface area contributed by atoms with E-state index in [-0.39, 0.29) is 5.91 Å². The number of aryl methyl sites for hydroxylation is 2. The second kappa shape index (κ2) is 9.42. The SMILES string of the molecule is O=C(Nc1ccc2c(ccn2CCc2ccncc2)c1)c1cc(F)cc(N2CCOCC2)c1. The Balaban J connectivity index is 1.30. The lowest BCUT2D eigenvalue weighted by atomic mass is 10.1. The van der Waals surface area contributed by atoms with Crippen LogP contribution < -0.4 is 10.2 Å². The number of nitrogens with one attached hydrogen (secondary N) is 1. The van der Waals surface area contributed by atoms with Crippen molar-refractivity contribution in [2.75, 3.05) is 36.5 Å². The summed E-state index contributed by atoms with van der Waals surface area (Å²) in [5, 5.41) is 3.95. The normalized spacial score (nSPS) is 13.9. The first-order valence-corrected chi connectivity index (χ1v) is 11.1. The predicted molar refractivity (Wildman–Crippen MR) is 127 cm³/mol. The Kier molecular flexibility index (Phi) is 6.04. The van der Waals surface area contributed by atoms with Gasteiger partial charge in [0.1, 0.15) is 5.82 Å². The maximum atomic E-state index is 14.2. The number of benzene rings is 2. The quantitative estimate of drug-likeness (QED) is 0.476. The van der Waals surface area contributed by atoms with Gasteiger partial charge in [-0.1, -0.05) is 0 Å². The molecular weight excluding hydrogens is 419 g/mol. The van der Waals surface area contributed by atoms with E-state index in [2.05, 4.69) is 21.1 Å². The molecule has 0 unspecified atom stereocenters. The molecule has 0 aliphatic carbocycles. The highest BCUT2D eigenvalue weighted by Gasteiger charge is 2.16. The van der Waals surface area contributed by atoms with Gasteiger partial charge < -0.3 is 19.5 Å². The number of nitrogens with zero attached hydrogens (tertiary/aromatic N) is 3. The van der Waals surface area contributed by atoms with E-state index in [0.717, 1.165) is 23.9 Å². The summed E-state index contributed by atoms with van der Waals surface area (Å²) in [6.45, 7) is 3.41. The van der Waals surface area contributed by atoms with E-state index in [0.29, 0.717) is 43.2 Å². The van der Waals surface area contributed by atoms with Crippen molar-refractivity contribution in [3.05, 3.63) is 90.1 Å². The Morgan fingerprint density at radius 1 is 1.03 bits per heavy atom. The van der Waals surface area contributed by atoms with Crippen LogP contribution in [-0.4, -0.2) is 41.8 Å². The van der Waals surface area contributed by atoms with Crippen molar-refractivity contribution in [2.45, 2.75) is 13.0 Å². The van der Waals surface area contributed by atoms with Gasteiger partial charge >= 0.3 is 0 Å². The number of hydrogen-bond acceptors (Lipinski definition) is 4. The number of hydrogen-bond donors (Lipinski definition) is 1. The van der Waals surface area contributed by atoms with E-state index in [1.54, 1.807) is 18.5 Å². The number of halogens is 1. The Labute approximate surface area is 191 Å². The number of anilines is 2. The molecule has 7 heteroatoms. The number of carbonyl (C=O) groups is 1. The zero-order valence-corrected chi connectivity index (χ0v) is 18.2. The van der Waals surface area contributed by atoms with E-state index >= 15 is 0 Å². The lowest BCUT2D eigenvalue weighted by molar-refractivity contribution is 0.102. The number of aromatic nitrogens is 2. The zero-order chi connectivity index (χ0) is 22.6. The van der Waals surface area contributed by atoms with Crippen LogP contribution in [0.2, 0.25) is 0 Å². The van der Waals surface area contributed by atoms with Crippen molar-refractivity contribution in [2.24, 2.45) is 0 Å². The van der Waals surface area contributed by atoms with Crippen molar-refractivity contribution in [3.63, 3.8) is 0 Å². The molecule has 1 N–H and O–H groups in total. The first-order valence-electron chi connectivity index (χ1n) is 11.1. The first-order chi connectivity index (χ1) is 16.2. The largest absolute Gasteiger partial charge is 0.378 e. The molecule has 4 aromatic rings. The number of fused-ring (bicyclic) bond motifs is 1. The third-order valence-corrected chi connectivity index (χ3v) is 5.94. The minimum absolute atomic E-state index is 0.298. The van der Waals surface area contributed by atoms with Gasteiger partial charge in [0.2, 0.25) is 0 Å². The molecule has 2 aromatic heterocycles. The van der Waals surface area contributed by atoms with Crippen LogP contribution in [-0.2, 0) is 17.7 Å². The summed E-state index contributed by atoms with van der Waals surface area (Å²) in [5.41, 5.74) is 4.01. The van der Waals surface area contributed by atoms with Crippen LogP contribution in [0.4, 0.5) is 15.8 Å². The van der Waals surface area contributed by atoms with Crippen LogP contribution >= 0.6 is 0 Å². The molecule has 33 heavy (non-hydrogen) atoms. The lowest BCUT2D eigenvalue weighted by Crippen LogP contribution is -2.36. The molecule has 6 nitrogen and oxygen atoms in total. The molecule has 168 valence electrons. The van der Waals surface area contributed by atoms with Crippen LogP contribution in [0.15, 0.2) is 73.2 Å². The van der Waals surface area contributed by atoms with Gasteiger partial charge in [-0.05, 0) is 66.6 Å². The molecule has 0 atom stereocenters. The van der Waals surface area contributed by atoms with E-state index in [4.69, 9.17) is 4.74 Å². The summed E-state index contributed by atoms with van der Waals surface area (Å²) >= 11 is 0. The summed E-state index contributed by atoms with van der Waals surface area (Å²) in [5.74, 6) is -0.758. The van der Waals surface area contributed by atoms with Crippen LogP contribution in [0, 0.1) is 5.82 Å². The maximum absolute atomic E-state index is 14.2. The summed E-state index contributed by atoms with van der Waals surface area (Å²) in [7, 11) is 0. The molecule has 1 fully saturated rings. The molecule has 1 aliphatic heterocycles. The standard InChI is InChI=1S/C26H25FN4O2/c27-22-15-21(17-24(18-22)30-11-13-33-14-12-30)26(32)29-23-1-2-25-20(16-23)6-10-31(25)9-5-19-3-7-28-8-4-19/h1-4,6-8,10,15-18H,5,9,11-14H2,(H,29,32). The molecular formula is C26H25FN4O2. The van der Waals surface area contributed by atoms with Gasteiger partial charge in [0.25, 0.3) is 5.91 Å². The van der Waals surface area contributed by atoms with Gasteiger partial charge in [0.05, 0.1) is 13.2 Å². The van der Waals surface area contributed by atoms with Crippen LogP contribution in [0.5, 0.6) is 0 Å². The molecule has 0 spiro atoms.